The SMILES string of the molecule is CC(C)(C)[Si](C)(C)OCc1ccc(O/C=C/CO)cc1. The van der Waals surface area contributed by atoms with Gasteiger partial charge in [0.15, 0.2) is 8.32 Å². The molecule has 0 aliphatic carbocycles. The van der Waals surface area contributed by atoms with E-state index in [1.165, 1.54) is 6.26 Å². The highest BCUT2D eigenvalue weighted by Gasteiger charge is 2.36. The zero-order chi connectivity index (χ0) is 15.2. The molecule has 4 heteroatoms. The third kappa shape index (κ3) is 5.11. The fraction of sp³-hybridized carbons (Fsp3) is 0.500. The maximum atomic E-state index is 8.62. The van der Waals surface area contributed by atoms with Gasteiger partial charge in [0.2, 0.25) is 0 Å². The van der Waals surface area contributed by atoms with Gasteiger partial charge < -0.3 is 14.3 Å². The quantitative estimate of drug-likeness (QED) is 0.634. The van der Waals surface area contributed by atoms with Crippen LogP contribution in [-0.2, 0) is 11.0 Å². The minimum absolute atomic E-state index is 0.0154. The lowest BCUT2D eigenvalue weighted by molar-refractivity contribution is 0.276. The van der Waals surface area contributed by atoms with Crippen molar-refractivity contribution in [3.05, 3.63) is 42.2 Å². The van der Waals surface area contributed by atoms with E-state index in [4.69, 9.17) is 14.3 Å². The van der Waals surface area contributed by atoms with Gasteiger partial charge in [-0.3, -0.25) is 0 Å². The summed E-state index contributed by atoms with van der Waals surface area (Å²) in [4.78, 5) is 0. The molecule has 1 aromatic carbocycles. The Morgan fingerprint density at radius 3 is 2.25 bits per heavy atom. The maximum Gasteiger partial charge on any atom is 0.192 e. The highest BCUT2D eigenvalue weighted by molar-refractivity contribution is 6.74. The molecule has 1 N–H and O–H groups in total. The smallest absolute Gasteiger partial charge is 0.192 e. The van der Waals surface area contributed by atoms with Crippen molar-refractivity contribution < 1.29 is 14.3 Å². The molecule has 0 radical (unpaired) electrons. The molecule has 0 saturated carbocycles. The van der Waals surface area contributed by atoms with Gasteiger partial charge in [-0.2, -0.15) is 0 Å². The van der Waals surface area contributed by atoms with Crippen molar-refractivity contribution >= 4 is 8.32 Å². The number of hydrogen-bond donors (Lipinski definition) is 1. The number of hydrogen-bond acceptors (Lipinski definition) is 3. The van der Waals surface area contributed by atoms with E-state index in [9.17, 15) is 0 Å². The van der Waals surface area contributed by atoms with Gasteiger partial charge >= 0.3 is 0 Å². The van der Waals surface area contributed by atoms with E-state index in [1.54, 1.807) is 6.08 Å². The summed E-state index contributed by atoms with van der Waals surface area (Å²) in [6, 6.07) is 7.84. The Morgan fingerprint density at radius 1 is 1.15 bits per heavy atom. The lowest BCUT2D eigenvalue weighted by Crippen LogP contribution is -2.40. The van der Waals surface area contributed by atoms with E-state index in [-0.39, 0.29) is 11.6 Å². The predicted octanol–water partition coefficient (Wildman–Crippen LogP) is 4.09. The first-order valence-corrected chi connectivity index (χ1v) is 9.82. The Balaban J connectivity index is 2.56. The molecular formula is C16H26O3Si. The van der Waals surface area contributed by atoms with Crippen LogP contribution in [0.25, 0.3) is 0 Å². The lowest BCUT2D eigenvalue weighted by atomic mass is 10.2. The maximum absolute atomic E-state index is 8.62. The van der Waals surface area contributed by atoms with Gasteiger partial charge in [0.05, 0.1) is 19.5 Å². The molecule has 0 aromatic heterocycles. The molecule has 0 aliphatic rings. The van der Waals surface area contributed by atoms with E-state index in [1.807, 2.05) is 24.3 Å². The highest BCUT2D eigenvalue weighted by Crippen LogP contribution is 2.37. The number of ether oxygens (including phenoxy) is 1. The Morgan fingerprint density at radius 2 is 1.75 bits per heavy atom. The van der Waals surface area contributed by atoms with Crippen molar-refractivity contribution in [1.82, 2.24) is 0 Å². The summed E-state index contributed by atoms with van der Waals surface area (Å²) >= 11 is 0. The van der Waals surface area contributed by atoms with E-state index in [0.717, 1.165) is 11.3 Å². The van der Waals surface area contributed by atoms with Crippen LogP contribution in [0.4, 0.5) is 0 Å². The first-order chi connectivity index (χ1) is 9.26. The third-order valence-corrected chi connectivity index (χ3v) is 8.21. The molecule has 0 aliphatic heterocycles. The van der Waals surface area contributed by atoms with Crippen LogP contribution in [0.2, 0.25) is 18.1 Å². The first-order valence-electron chi connectivity index (χ1n) is 6.92. The first kappa shape index (κ1) is 16.9. The minimum Gasteiger partial charge on any atom is -0.465 e. The number of rotatable bonds is 6. The van der Waals surface area contributed by atoms with Crippen molar-refractivity contribution in [3.8, 4) is 5.75 Å². The van der Waals surface area contributed by atoms with Crippen molar-refractivity contribution in [2.75, 3.05) is 6.61 Å². The third-order valence-electron chi connectivity index (χ3n) is 3.73. The second-order valence-electron chi connectivity index (χ2n) is 6.37. The number of aliphatic hydroxyl groups excluding tert-OH is 1. The van der Waals surface area contributed by atoms with Crippen molar-refractivity contribution in [1.29, 1.82) is 0 Å². The van der Waals surface area contributed by atoms with E-state index < -0.39 is 8.32 Å². The summed E-state index contributed by atoms with van der Waals surface area (Å²) in [6.07, 6.45) is 3.04. The van der Waals surface area contributed by atoms with Gasteiger partial charge in [-0.25, -0.2) is 0 Å². The zero-order valence-electron chi connectivity index (χ0n) is 13.1. The molecule has 0 unspecified atom stereocenters. The van der Waals surface area contributed by atoms with Crippen LogP contribution in [0, 0.1) is 0 Å². The molecule has 0 bridgehead atoms. The molecule has 112 valence electrons. The van der Waals surface area contributed by atoms with Crippen LogP contribution in [0.1, 0.15) is 26.3 Å². The van der Waals surface area contributed by atoms with Crippen molar-refractivity contribution in [2.24, 2.45) is 0 Å². The average Bonchev–Trinajstić information content (AvgIpc) is 2.37. The molecular weight excluding hydrogens is 268 g/mol. The van der Waals surface area contributed by atoms with Gasteiger partial charge in [-0.05, 0) is 41.9 Å². The van der Waals surface area contributed by atoms with Gasteiger partial charge in [0.25, 0.3) is 0 Å². The van der Waals surface area contributed by atoms with E-state index in [2.05, 4.69) is 33.9 Å². The Labute approximate surface area is 123 Å². The summed E-state index contributed by atoms with van der Waals surface area (Å²) in [7, 11) is -1.70. The van der Waals surface area contributed by atoms with E-state index in [0.29, 0.717) is 6.61 Å². The Kier molecular flexibility index (Phi) is 5.99. The predicted molar refractivity (Wildman–Crippen MR) is 85.3 cm³/mol. The summed E-state index contributed by atoms with van der Waals surface area (Å²) < 4.78 is 11.5. The lowest BCUT2D eigenvalue weighted by Gasteiger charge is -2.36. The summed E-state index contributed by atoms with van der Waals surface area (Å²) in [5.41, 5.74) is 1.15. The van der Waals surface area contributed by atoms with Crippen LogP contribution in [0.5, 0.6) is 5.75 Å². The fourth-order valence-electron chi connectivity index (χ4n) is 1.31. The molecule has 3 nitrogen and oxygen atoms in total. The van der Waals surface area contributed by atoms with Crippen LogP contribution in [-0.4, -0.2) is 20.0 Å². The summed E-state index contributed by atoms with van der Waals surface area (Å²) in [5, 5.41) is 8.85. The van der Waals surface area contributed by atoms with Gasteiger partial charge in [0, 0.05) is 0 Å². The molecule has 20 heavy (non-hydrogen) atoms. The van der Waals surface area contributed by atoms with E-state index >= 15 is 0 Å². The fourth-order valence-corrected chi connectivity index (χ4v) is 2.27. The Hall–Kier alpha value is -1.10. The van der Waals surface area contributed by atoms with Crippen LogP contribution in [0.15, 0.2) is 36.6 Å². The van der Waals surface area contributed by atoms with Gasteiger partial charge in [-0.1, -0.05) is 32.9 Å². The largest absolute Gasteiger partial charge is 0.465 e. The highest BCUT2D eigenvalue weighted by atomic mass is 28.4. The van der Waals surface area contributed by atoms with Crippen LogP contribution in [0.3, 0.4) is 0 Å². The molecule has 1 rings (SSSR count). The average molecular weight is 294 g/mol. The number of aliphatic hydroxyl groups is 1. The van der Waals surface area contributed by atoms with Crippen molar-refractivity contribution in [2.45, 2.75) is 45.5 Å². The normalized spacial score (nSPS) is 12.9. The minimum atomic E-state index is -1.70. The molecule has 0 heterocycles. The summed E-state index contributed by atoms with van der Waals surface area (Å²) in [6.45, 7) is 11.9. The molecule has 0 saturated heterocycles. The second kappa shape index (κ2) is 7.06. The molecule has 0 amide bonds. The molecule has 1 aromatic rings. The summed E-state index contributed by atoms with van der Waals surface area (Å²) in [5.74, 6) is 0.755. The van der Waals surface area contributed by atoms with Crippen LogP contribution >= 0.6 is 0 Å². The van der Waals surface area contributed by atoms with Gasteiger partial charge in [0.1, 0.15) is 5.75 Å². The standard InChI is InChI=1S/C16H26O3Si/c1-16(2,3)20(4,5)19-13-14-7-9-15(10-8-14)18-12-6-11-17/h6-10,12,17H,11,13H2,1-5H3/b12-6+. The van der Waals surface area contributed by atoms with Gasteiger partial charge in [-0.15, -0.1) is 0 Å². The molecule has 0 atom stereocenters. The zero-order valence-corrected chi connectivity index (χ0v) is 14.1. The van der Waals surface area contributed by atoms with Crippen LogP contribution < -0.4 is 4.74 Å². The second-order valence-corrected chi connectivity index (χ2v) is 11.2. The molecule has 0 fully saturated rings. The Bertz CT molecular complexity index is 430. The molecule has 0 spiro atoms. The number of benzene rings is 1. The topological polar surface area (TPSA) is 38.7 Å². The monoisotopic (exact) mass is 294 g/mol. The van der Waals surface area contributed by atoms with Crippen molar-refractivity contribution in [3.63, 3.8) is 0 Å².